The zero-order valence-electron chi connectivity index (χ0n) is 12.8. The van der Waals surface area contributed by atoms with Crippen LogP contribution in [-0.2, 0) is 9.59 Å². The van der Waals surface area contributed by atoms with E-state index in [-0.39, 0.29) is 18.1 Å². The summed E-state index contributed by atoms with van der Waals surface area (Å²) >= 11 is 0. The number of ether oxygens (including phenoxy) is 1. The predicted octanol–water partition coefficient (Wildman–Crippen LogP) is 3.33. The largest absolute Gasteiger partial charge is 0.573 e. The summed E-state index contributed by atoms with van der Waals surface area (Å²) in [4.78, 5) is 25.7. The molecule has 1 saturated heterocycles. The summed E-state index contributed by atoms with van der Waals surface area (Å²) in [6, 6.07) is 12.7. The molecule has 8 heteroatoms. The molecule has 0 aliphatic carbocycles. The van der Waals surface area contributed by atoms with Gasteiger partial charge in [0.1, 0.15) is 11.8 Å². The summed E-state index contributed by atoms with van der Waals surface area (Å²) in [5.74, 6) is -1.12. The minimum Gasteiger partial charge on any atom is -0.406 e. The van der Waals surface area contributed by atoms with Gasteiger partial charge in [-0.1, -0.05) is 18.2 Å². The first-order chi connectivity index (χ1) is 11.8. The third-order valence-corrected chi connectivity index (χ3v) is 3.59. The number of benzene rings is 2. The van der Waals surface area contributed by atoms with Crippen molar-refractivity contribution in [2.75, 3.05) is 10.2 Å². The van der Waals surface area contributed by atoms with Crippen LogP contribution in [0.15, 0.2) is 54.6 Å². The van der Waals surface area contributed by atoms with E-state index >= 15 is 0 Å². The fraction of sp³-hybridized carbons (Fsp3) is 0.176. The van der Waals surface area contributed by atoms with Gasteiger partial charge in [-0.2, -0.15) is 0 Å². The molecule has 5 nitrogen and oxygen atoms in total. The number of hydrogen-bond acceptors (Lipinski definition) is 4. The molecular formula is C17H13F3N2O3. The van der Waals surface area contributed by atoms with Crippen LogP contribution in [0.3, 0.4) is 0 Å². The molecule has 3 rings (SSSR count). The normalized spacial score (nSPS) is 17.7. The van der Waals surface area contributed by atoms with Crippen LogP contribution in [0.5, 0.6) is 5.75 Å². The van der Waals surface area contributed by atoms with Gasteiger partial charge in [-0.25, -0.2) is 4.90 Å². The van der Waals surface area contributed by atoms with E-state index in [1.54, 1.807) is 30.3 Å². The van der Waals surface area contributed by atoms with Gasteiger partial charge in [-0.05, 0) is 36.4 Å². The van der Waals surface area contributed by atoms with Crippen LogP contribution in [0, 0.1) is 0 Å². The van der Waals surface area contributed by atoms with Crippen LogP contribution < -0.4 is 15.0 Å². The lowest BCUT2D eigenvalue weighted by Gasteiger charge is -2.16. The highest BCUT2D eigenvalue weighted by Crippen LogP contribution is 2.27. The second kappa shape index (κ2) is 6.46. The van der Waals surface area contributed by atoms with E-state index in [0.717, 1.165) is 17.0 Å². The number of hydrogen-bond donors (Lipinski definition) is 1. The van der Waals surface area contributed by atoms with Crippen LogP contribution in [0.2, 0.25) is 0 Å². The lowest BCUT2D eigenvalue weighted by molar-refractivity contribution is -0.274. The standard InChI is InChI=1S/C17H13F3N2O3/c18-17(19,20)25-13-8-6-11(7-9-13)21-14-10-15(23)22(16(14)24)12-4-2-1-3-5-12/h1-9,14,21H,10H2/t14-/m1/s1. The van der Waals surface area contributed by atoms with Crippen molar-refractivity contribution in [3.63, 3.8) is 0 Å². The molecule has 1 aliphatic heterocycles. The van der Waals surface area contributed by atoms with Crippen molar-refractivity contribution < 1.29 is 27.5 Å². The van der Waals surface area contributed by atoms with Crippen molar-refractivity contribution in [3.8, 4) is 5.75 Å². The van der Waals surface area contributed by atoms with E-state index in [1.165, 1.54) is 12.1 Å². The maximum absolute atomic E-state index is 12.4. The summed E-state index contributed by atoms with van der Waals surface area (Å²) in [5.41, 5.74) is 0.895. The van der Waals surface area contributed by atoms with Crippen LogP contribution in [0.4, 0.5) is 24.5 Å². The van der Waals surface area contributed by atoms with Crippen molar-refractivity contribution in [1.82, 2.24) is 0 Å². The summed E-state index contributed by atoms with van der Waals surface area (Å²) in [5, 5.41) is 2.86. The molecule has 1 heterocycles. The fourth-order valence-electron chi connectivity index (χ4n) is 2.55. The Morgan fingerprint density at radius 1 is 1.00 bits per heavy atom. The second-order valence-electron chi connectivity index (χ2n) is 5.38. The molecule has 130 valence electrons. The van der Waals surface area contributed by atoms with Crippen molar-refractivity contribution in [3.05, 3.63) is 54.6 Å². The highest BCUT2D eigenvalue weighted by atomic mass is 19.4. The first kappa shape index (κ1) is 16.8. The van der Waals surface area contributed by atoms with Crippen LogP contribution in [-0.4, -0.2) is 24.2 Å². The molecule has 0 radical (unpaired) electrons. The number of nitrogens with zero attached hydrogens (tertiary/aromatic N) is 1. The topological polar surface area (TPSA) is 58.6 Å². The molecule has 0 saturated carbocycles. The first-order valence-corrected chi connectivity index (χ1v) is 7.38. The number of rotatable bonds is 4. The summed E-state index contributed by atoms with van der Waals surface area (Å²) < 4.78 is 40.2. The SMILES string of the molecule is O=C1C[C@@H](Nc2ccc(OC(F)(F)F)cc2)C(=O)N1c1ccccc1. The zero-order chi connectivity index (χ0) is 18.0. The maximum Gasteiger partial charge on any atom is 0.573 e. The molecule has 1 N–H and O–H groups in total. The fourth-order valence-corrected chi connectivity index (χ4v) is 2.55. The highest BCUT2D eigenvalue weighted by Gasteiger charge is 2.39. The third-order valence-electron chi connectivity index (χ3n) is 3.59. The third kappa shape index (κ3) is 3.90. The smallest absolute Gasteiger partial charge is 0.406 e. The number of halogens is 3. The molecule has 2 amide bonds. The summed E-state index contributed by atoms with van der Waals surface area (Å²) in [7, 11) is 0. The van der Waals surface area contributed by atoms with E-state index in [4.69, 9.17) is 0 Å². The number of imide groups is 1. The van der Waals surface area contributed by atoms with Gasteiger partial charge < -0.3 is 10.1 Å². The molecular weight excluding hydrogens is 337 g/mol. The van der Waals surface area contributed by atoms with E-state index in [9.17, 15) is 22.8 Å². The number of carbonyl (C=O) groups excluding carboxylic acids is 2. The van der Waals surface area contributed by atoms with Gasteiger partial charge in [0.25, 0.3) is 5.91 Å². The van der Waals surface area contributed by atoms with Crippen LogP contribution in [0.25, 0.3) is 0 Å². The van der Waals surface area contributed by atoms with Crippen molar-refractivity contribution in [2.24, 2.45) is 0 Å². The monoisotopic (exact) mass is 350 g/mol. The number of nitrogens with one attached hydrogen (secondary N) is 1. The lowest BCUT2D eigenvalue weighted by atomic mass is 10.2. The minimum absolute atomic E-state index is 0.0332. The predicted molar refractivity (Wildman–Crippen MR) is 84.1 cm³/mol. The highest BCUT2D eigenvalue weighted by molar-refractivity contribution is 6.23. The van der Waals surface area contributed by atoms with Crippen LogP contribution >= 0.6 is 0 Å². The number of alkyl halides is 3. The molecule has 1 fully saturated rings. The number of carbonyl (C=O) groups is 2. The average molecular weight is 350 g/mol. The number of anilines is 2. The van der Waals surface area contributed by atoms with Crippen molar-refractivity contribution >= 4 is 23.2 Å². The van der Waals surface area contributed by atoms with E-state index in [2.05, 4.69) is 10.1 Å². The Labute approximate surface area is 141 Å². The van der Waals surface area contributed by atoms with Gasteiger partial charge in [-0.15, -0.1) is 13.2 Å². The van der Waals surface area contributed by atoms with Crippen molar-refractivity contribution in [2.45, 2.75) is 18.8 Å². The second-order valence-corrected chi connectivity index (χ2v) is 5.38. The van der Waals surface area contributed by atoms with Gasteiger partial charge in [0, 0.05) is 5.69 Å². The summed E-state index contributed by atoms with van der Waals surface area (Å²) in [6.07, 6.45) is -4.80. The molecule has 1 atom stereocenters. The Morgan fingerprint density at radius 3 is 2.24 bits per heavy atom. The maximum atomic E-state index is 12.4. The number of para-hydroxylation sites is 1. The first-order valence-electron chi connectivity index (χ1n) is 7.38. The summed E-state index contributed by atoms with van der Waals surface area (Å²) in [6.45, 7) is 0. The molecule has 25 heavy (non-hydrogen) atoms. The minimum atomic E-state index is -4.76. The Bertz CT molecular complexity index is 776. The van der Waals surface area contributed by atoms with Crippen molar-refractivity contribution in [1.29, 1.82) is 0 Å². The molecule has 0 aromatic heterocycles. The van der Waals surface area contributed by atoms with E-state index in [0.29, 0.717) is 11.4 Å². The Morgan fingerprint density at radius 2 is 1.64 bits per heavy atom. The molecule has 0 spiro atoms. The van der Waals surface area contributed by atoms with Gasteiger partial charge >= 0.3 is 6.36 Å². The number of amides is 2. The molecule has 0 unspecified atom stereocenters. The van der Waals surface area contributed by atoms with E-state index < -0.39 is 18.3 Å². The molecule has 2 aromatic rings. The molecule has 0 bridgehead atoms. The Balaban J connectivity index is 1.69. The van der Waals surface area contributed by atoms with Gasteiger partial charge in [0.2, 0.25) is 5.91 Å². The lowest BCUT2D eigenvalue weighted by Crippen LogP contribution is -2.34. The quantitative estimate of drug-likeness (QED) is 0.860. The average Bonchev–Trinajstić information content (AvgIpc) is 2.83. The molecule has 2 aromatic carbocycles. The van der Waals surface area contributed by atoms with Gasteiger partial charge in [0.05, 0.1) is 12.1 Å². The molecule has 1 aliphatic rings. The van der Waals surface area contributed by atoms with Gasteiger partial charge in [0.15, 0.2) is 0 Å². The zero-order valence-corrected chi connectivity index (χ0v) is 12.8. The van der Waals surface area contributed by atoms with E-state index in [1.807, 2.05) is 0 Å². The van der Waals surface area contributed by atoms with Gasteiger partial charge in [-0.3, -0.25) is 9.59 Å². The Hall–Kier alpha value is -3.03. The Kier molecular flexibility index (Phi) is 4.35. The van der Waals surface area contributed by atoms with Crippen LogP contribution in [0.1, 0.15) is 6.42 Å².